The minimum atomic E-state index is 0.00391. The van der Waals surface area contributed by atoms with E-state index in [0.717, 1.165) is 17.2 Å². The number of nitrogens with zero attached hydrogens (tertiary/aromatic N) is 1. The van der Waals surface area contributed by atoms with E-state index in [4.69, 9.17) is 10.5 Å². The minimum Gasteiger partial charge on any atom is -0.457 e. The van der Waals surface area contributed by atoms with Crippen LogP contribution in [0.5, 0.6) is 11.5 Å². The van der Waals surface area contributed by atoms with Crippen LogP contribution in [0.3, 0.4) is 0 Å². The van der Waals surface area contributed by atoms with Crippen molar-refractivity contribution in [2.45, 2.75) is 6.42 Å². The summed E-state index contributed by atoms with van der Waals surface area (Å²) in [6.07, 6.45) is 0.346. The Morgan fingerprint density at radius 3 is 2.25 bits per heavy atom. The second-order valence-electron chi connectivity index (χ2n) is 4.40. The maximum atomic E-state index is 11.7. The molecule has 0 aliphatic carbocycles. The van der Waals surface area contributed by atoms with Crippen molar-refractivity contribution in [1.29, 1.82) is 0 Å². The smallest absolute Gasteiger partial charge is 0.227 e. The van der Waals surface area contributed by atoms with Crippen molar-refractivity contribution in [2.24, 2.45) is 5.73 Å². The van der Waals surface area contributed by atoms with Crippen LogP contribution in [0.1, 0.15) is 6.42 Å². The van der Waals surface area contributed by atoms with Crippen LogP contribution in [-0.2, 0) is 4.79 Å². The predicted octanol–water partition coefficient (Wildman–Crippen LogP) is 2.79. The van der Waals surface area contributed by atoms with Gasteiger partial charge in [-0.15, -0.1) is 0 Å². The molecule has 0 bridgehead atoms. The molecule has 2 N–H and O–H groups in total. The van der Waals surface area contributed by atoms with Crippen molar-refractivity contribution in [3.63, 3.8) is 0 Å². The van der Waals surface area contributed by atoms with Gasteiger partial charge in [0.05, 0.1) is 0 Å². The summed E-state index contributed by atoms with van der Waals surface area (Å²) >= 11 is 0. The molecule has 104 valence electrons. The van der Waals surface area contributed by atoms with Crippen molar-refractivity contribution >= 4 is 11.6 Å². The van der Waals surface area contributed by atoms with E-state index in [1.165, 1.54) is 0 Å². The first-order valence-corrected chi connectivity index (χ1v) is 6.50. The molecule has 0 spiro atoms. The number of carbonyl (C=O) groups excluding carboxylic acids is 1. The average Bonchev–Trinajstić information content (AvgIpc) is 2.48. The van der Waals surface area contributed by atoms with Crippen molar-refractivity contribution in [3.05, 3.63) is 54.6 Å². The molecule has 0 atom stereocenters. The Balaban J connectivity index is 2.04. The van der Waals surface area contributed by atoms with Crippen molar-refractivity contribution in [3.8, 4) is 11.5 Å². The van der Waals surface area contributed by atoms with Crippen LogP contribution in [0.2, 0.25) is 0 Å². The molecule has 0 aliphatic rings. The van der Waals surface area contributed by atoms with Gasteiger partial charge in [-0.25, -0.2) is 0 Å². The Kier molecular flexibility index (Phi) is 4.74. The molecule has 0 aliphatic heterocycles. The highest BCUT2D eigenvalue weighted by molar-refractivity contribution is 5.92. The van der Waals surface area contributed by atoms with Gasteiger partial charge in [-0.1, -0.05) is 18.2 Å². The lowest BCUT2D eigenvalue weighted by Gasteiger charge is -2.17. The molecule has 0 saturated heterocycles. The third-order valence-corrected chi connectivity index (χ3v) is 2.94. The third kappa shape index (κ3) is 3.59. The van der Waals surface area contributed by atoms with E-state index >= 15 is 0 Å². The maximum absolute atomic E-state index is 11.7. The molecule has 0 radical (unpaired) electrons. The van der Waals surface area contributed by atoms with Crippen LogP contribution >= 0.6 is 0 Å². The maximum Gasteiger partial charge on any atom is 0.227 e. The number of hydrogen-bond donors (Lipinski definition) is 1. The monoisotopic (exact) mass is 270 g/mol. The molecule has 4 heteroatoms. The van der Waals surface area contributed by atoms with E-state index in [-0.39, 0.29) is 5.91 Å². The Labute approximate surface area is 118 Å². The van der Waals surface area contributed by atoms with Gasteiger partial charge in [0.1, 0.15) is 11.5 Å². The highest BCUT2D eigenvalue weighted by Crippen LogP contribution is 2.24. The predicted molar refractivity (Wildman–Crippen MR) is 80.0 cm³/mol. The number of benzene rings is 2. The SMILES string of the molecule is CN(C(=O)CCN)c1ccc(Oc2ccccc2)cc1. The zero-order chi connectivity index (χ0) is 14.4. The molecular weight excluding hydrogens is 252 g/mol. The van der Waals surface area contributed by atoms with Crippen LogP contribution in [0, 0.1) is 0 Å². The number of amides is 1. The Morgan fingerprint density at radius 1 is 1.05 bits per heavy atom. The van der Waals surface area contributed by atoms with E-state index in [0.29, 0.717) is 13.0 Å². The van der Waals surface area contributed by atoms with E-state index in [2.05, 4.69) is 0 Å². The van der Waals surface area contributed by atoms with Crippen molar-refractivity contribution in [1.82, 2.24) is 0 Å². The largest absolute Gasteiger partial charge is 0.457 e. The van der Waals surface area contributed by atoms with Gasteiger partial charge in [0.2, 0.25) is 5.91 Å². The second kappa shape index (κ2) is 6.73. The lowest BCUT2D eigenvalue weighted by Crippen LogP contribution is -2.27. The van der Waals surface area contributed by atoms with E-state index in [1.54, 1.807) is 11.9 Å². The fourth-order valence-corrected chi connectivity index (χ4v) is 1.80. The zero-order valence-corrected chi connectivity index (χ0v) is 11.5. The number of rotatable bonds is 5. The Bertz CT molecular complexity index is 552. The first-order chi connectivity index (χ1) is 9.70. The second-order valence-corrected chi connectivity index (χ2v) is 4.40. The Morgan fingerprint density at radius 2 is 1.65 bits per heavy atom. The number of nitrogens with two attached hydrogens (primary N) is 1. The summed E-state index contributed by atoms with van der Waals surface area (Å²) < 4.78 is 5.70. The summed E-state index contributed by atoms with van der Waals surface area (Å²) in [5, 5.41) is 0. The molecule has 0 fully saturated rings. The molecule has 2 aromatic rings. The average molecular weight is 270 g/mol. The summed E-state index contributed by atoms with van der Waals surface area (Å²) in [7, 11) is 1.74. The van der Waals surface area contributed by atoms with Crippen LogP contribution < -0.4 is 15.4 Å². The normalized spacial score (nSPS) is 10.1. The van der Waals surface area contributed by atoms with Gasteiger partial charge in [-0.2, -0.15) is 0 Å². The first kappa shape index (κ1) is 14.1. The molecule has 20 heavy (non-hydrogen) atoms. The molecule has 0 heterocycles. The molecule has 0 saturated carbocycles. The molecule has 4 nitrogen and oxygen atoms in total. The number of hydrogen-bond acceptors (Lipinski definition) is 3. The lowest BCUT2D eigenvalue weighted by atomic mass is 10.2. The molecule has 1 amide bonds. The molecule has 0 aromatic heterocycles. The highest BCUT2D eigenvalue weighted by Gasteiger charge is 2.09. The van der Waals surface area contributed by atoms with Gasteiger partial charge in [-0.05, 0) is 36.4 Å². The van der Waals surface area contributed by atoms with E-state index in [9.17, 15) is 4.79 Å². The first-order valence-electron chi connectivity index (χ1n) is 6.50. The van der Waals surface area contributed by atoms with Gasteiger partial charge >= 0.3 is 0 Å². The topological polar surface area (TPSA) is 55.6 Å². The fraction of sp³-hybridized carbons (Fsp3) is 0.188. The van der Waals surface area contributed by atoms with Crippen molar-refractivity contribution < 1.29 is 9.53 Å². The van der Waals surface area contributed by atoms with Crippen LogP contribution in [0.25, 0.3) is 0 Å². The molecule has 0 unspecified atom stereocenters. The molecular formula is C16H18N2O2. The number of anilines is 1. The highest BCUT2D eigenvalue weighted by atomic mass is 16.5. The van der Waals surface area contributed by atoms with Gasteiger partial charge in [0, 0.05) is 25.7 Å². The fourth-order valence-electron chi connectivity index (χ4n) is 1.80. The summed E-state index contributed by atoms with van der Waals surface area (Å²) in [4.78, 5) is 13.3. The summed E-state index contributed by atoms with van der Waals surface area (Å²) in [5.41, 5.74) is 6.21. The summed E-state index contributed by atoms with van der Waals surface area (Å²) in [6, 6.07) is 17.0. The zero-order valence-electron chi connectivity index (χ0n) is 11.5. The minimum absolute atomic E-state index is 0.00391. The summed E-state index contributed by atoms with van der Waals surface area (Å²) in [5.74, 6) is 1.52. The molecule has 2 aromatic carbocycles. The third-order valence-electron chi connectivity index (χ3n) is 2.94. The van der Waals surface area contributed by atoms with E-state index in [1.807, 2.05) is 54.6 Å². The van der Waals surface area contributed by atoms with Crippen molar-refractivity contribution in [2.75, 3.05) is 18.5 Å². The standard InChI is InChI=1S/C16H18N2O2/c1-18(16(19)11-12-17)13-7-9-15(10-8-13)20-14-5-3-2-4-6-14/h2-10H,11-12,17H2,1H3. The van der Waals surface area contributed by atoms with E-state index < -0.39 is 0 Å². The van der Waals surface area contributed by atoms with Gasteiger partial charge < -0.3 is 15.4 Å². The number of para-hydroxylation sites is 1. The van der Waals surface area contributed by atoms with Crippen LogP contribution in [0.4, 0.5) is 5.69 Å². The quantitative estimate of drug-likeness (QED) is 0.909. The number of ether oxygens (including phenoxy) is 1. The van der Waals surface area contributed by atoms with Crippen LogP contribution in [0.15, 0.2) is 54.6 Å². The van der Waals surface area contributed by atoms with Gasteiger partial charge in [0.15, 0.2) is 0 Å². The summed E-state index contributed by atoms with van der Waals surface area (Å²) in [6.45, 7) is 0.359. The van der Waals surface area contributed by atoms with Crippen LogP contribution in [-0.4, -0.2) is 19.5 Å². The Hall–Kier alpha value is -2.33. The van der Waals surface area contributed by atoms with Gasteiger partial charge in [0.25, 0.3) is 0 Å². The lowest BCUT2D eigenvalue weighted by molar-refractivity contribution is -0.118. The van der Waals surface area contributed by atoms with Gasteiger partial charge in [-0.3, -0.25) is 4.79 Å². The molecule has 2 rings (SSSR count). The number of carbonyl (C=O) groups is 1.